The summed E-state index contributed by atoms with van der Waals surface area (Å²) >= 11 is 13.6. The summed E-state index contributed by atoms with van der Waals surface area (Å²) in [6.07, 6.45) is 7.03. The Labute approximate surface area is 189 Å². The Hall–Kier alpha value is -1.79. The van der Waals surface area contributed by atoms with Crippen molar-refractivity contribution in [1.29, 1.82) is 0 Å². The second-order valence-corrected chi connectivity index (χ2v) is 8.97. The molecule has 0 aliphatic carbocycles. The van der Waals surface area contributed by atoms with Crippen LogP contribution in [0.1, 0.15) is 5.56 Å². The minimum atomic E-state index is -0.171. The quantitative estimate of drug-likeness (QED) is 0.280. The lowest BCUT2D eigenvalue weighted by molar-refractivity contribution is -0.113. The normalized spacial score (nSPS) is 15.1. The van der Waals surface area contributed by atoms with Gasteiger partial charge in [0.15, 0.2) is 15.8 Å². The van der Waals surface area contributed by atoms with Gasteiger partial charge in [-0.2, -0.15) is 0 Å². The van der Waals surface area contributed by atoms with Crippen molar-refractivity contribution in [2.75, 3.05) is 18.6 Å². The molecule has 1 saturated heterocycles. The SMILES string of the molecule is C#CCOc1c(Br)cc(C=C2SC(=S)N(c3cccc(Br)c3)C2=O)cc1OC. The number of rotatable bonds is 5. The summed E-state index contributed by atoms with van der Waals surface area (Å²) in [7, 11) is 1.54. The second kappa shape index (κ2) is 9.14. The van der Waals surface area contributed by atoms with Gasteiger partial charge in [-0.1, -0.05) is 51.9 Å². The highest BCUT2D eigenvalue weighted by Crippen LogP contribution is 2.40. The fourth-order valence-corrected chi connectivity index (χ4v) is 4.79. The van der Waals surface area contributed by atoms with E-state index in [0.717, 1.165) is 15.7 Å². The Balaban J connectivity index is 1.94. The van der Waals surface area contributed by atoms with E-state index in [2.05, 4.69) is 37.8 Å². The molecule has 0 spiro atoms. The number of methoxy groups -OCH3 is 1. The predicted octanol–water partition coefficient (Wildman–Crippen LogP) is 5.64. The standard InChI is InChI=1S/C20H13Br2NO3S2/c1-3-7-26-18-15(22)8-12(9-16(18)25-2)10-17-19(24)23(20(27)28-17)14-6-4-5-13(21)11-14/h1,4-6,8-11H,7H2,2H3. The number of ether oxygens (including phenoxy) is 2. The number of thioether (sulfide) groups is 1. The Kier molecular flexibility index (Phi) is 6.83. The summed E-state index contributed by atoms with van der Waals surface area (Å²) in [5, 5.41) is 0. The molecule has 2 aromatic carbocycles. The third kappa shape index (κ3) is 4.44. The first kappa shape index (κ1) is 20.9. The van der Waals surface area contributed by atoms with Crippen LogP contribution in [-0.4, -0.2) is 23.9 Å². The molecule has 4 nitrogen and oxygen atoms in total. The molecule has 1 amide bonds. The molecule has 0 bridgehead atoms. The lowest BCUT2D eigenvalue weighted by atomic mass is 10.1. The van der Waals surface area contributed by atoms with E-state index in [1.54, 1.807) is 19.3 Å². The van der Waals surface area contributed by atoms with Gasteiger partial charge in [0.05, 0.1) is 22.2 Å². The van der Waals surface area contributed by atoms with Gasteiger partial charge in [-0.25, -0.2) is 0 Å². The lowest BCUT2D eigenvalue weighted by Crippen LogP contribution is -2.27. The number of benzene rings is 2. The van der Waals surface area contributed by atoms with Crippen molar-refractivity contribution < 1.29 is 14.3 Å². The van der Waals surface area contributed by atoms with E-state index in [0.29, 0.717) is 25.2 Å². The van der Waals surface area contributed by atoms with Crippen LogP contribution in [0.2, 0.25) is 0 Å². The van der Waals surface area contributed by atoms with E-state index >= 15 is 0 Å². The van der Waals surface area contributed by atoms with Crippen LogP contribution in [-0.2, 0) is 4.79 Å². The predicted molar refractivity (Wildman–Crippen MR) is 125 cm³/mol. The topological polar surface area (TPSA) is 38.8 Å². The van der Waals surface area contributed by atoms with Crippen LogP contribution in [0, 0.1) is 12.3 Å². The highest BCUT2D eigenvalue weighted by molar-refractivity contribution is 9.10. The van der Waals surface area contributed by atoms with Crippen molar-refractivity contribution in [3.63, 3.8) is 0 Å². The Morgan fingerprint density at radius 3 is 2.79 bits per heavy atom. The Bertz CT molecular complexity index is 1030. The molecule has 1 fully saturated rings. The molecule has 142 valence electrons. The molecule has 0 unspecified atom stereocenters. The molecular formula is C20H13Br2NO3S2. The van der Waals surface area contributed by atoms with Crippen LogP contribution < -0.4 is 14.4 Å². The number of nitrogens with zero attached hydrogens (tertiary/aromatic N) is 1. The fraction of sp³-hybridized carbons (Fsp3) is 0.100. The van der Waals surface area contributed by atoms with Gasteiger partial charge >= 0.3 is 0 Å². The fourth-order valence-electron chi connectivity index (χ4n) is 2.53. The summed E-state index contributed by atoms with van der Waals surface area (Å²) in [4.78, 5) is 15.0. The Morgan fingerprint density at radius 1 is 1.32 bits per heavy atom. The molecule has 0 aromatic heterocycles. The first-order valence-corrected chi connectivity index (χ1v) is 10.7. The van der Waals surface area contributed by atoms with Gasteiger partial charge in [-0.3, -0.25) is 9.69 Å². The van der Waals surface area contributed by atoms with E-state index in [1.165, 1.54) is 16.7 Å². The summed E-state index contributed by atoms with van der Waals surface area (Å²) in [6, 6.07) is 11.1. The molecular weight excluding hydrogens is 526 g/mol. The maximum Gasteiger partial charge on any atom is 0.270 e. The Morgan fingerprint density at radius 2 is 2.11 bits per heavy atom. The summed E-state index contributed by atoms with van der Waals surface area (Å²) in [6.45, 7) is 0.125. The number of halogens is 2. The van der Waals surface area contributed by atoms with Crippen molar-refractivity contribution >= 4 is 77.8 Å². The number of carbonyl (C=O) groups excluding carboxylic acids is 1. The number of anilines is 1. The highest BCUT2D eigenvalue weighted by atomic mass is 79.9. The average Bonchev–Trinajstić information content (AvgIpc) is 2.93. The van der Waals surface area contributed by atoms with Crippen LogP contribution in [0.25, 0.3) is 6.08 Å². The van der Waals surface area contributed by atoms with Gasteiger partial charge in [0.1, 0.15) is 6.61 Å². The molecule has 1 aliphatic rings. The zero-order chi connectivity index (χ0) is 20.3. The lowest BCUT2D eigenvalue weighted by Gasteiger charge is -2.14. The van der Waals surface area contributed by atoms with Crippen LogP contribution in [0.15, 0.2) is 50.2 Å². The third-order valence-corrected chi connectivity index (χ3v) is 6.09. The first-order valence-electron chi connectivity index (χ1n) is 7.92. The summed E-state index contributed by atoms with van der Waals surface area (Å²) in [5.74, 6) is 3.28. The maximum absolute atomic E-state index is 12.9. The van der Waals surface area contributed by atoms with E-state index in [1.807, 2.05) is 30.3 Å². The van der Waals surface area contributed by atoms with Crippen molar-refractivity contribution in [3.05, 3.63) is 55.8 Å². The van der Waals surface area contributed by atoms with E-state index in [4.69, 9.17) is 28.1 Å². The van der Waals surface area contributed by atoms with Gasteiger partial charge in [0.25, 0.3) is 5.91 Å². The monoisotopic (exact) mass is 537 g/mol. The third-order valence-electron chi connectivity index (χ3n) is 3.71. The minimum absolute atomic E-state index is 0.125. The van der Waals surface area contributed by atoms with Crippen molar-refractivity contribution in [2.24, 2.45) is 0 Å². The second-order valence-electron chi connectivity index (χ2n) is 5.52. The van der Waals surface area contributed by atoms with Gasteiger partial charge in [-0.05, 0) is 57.9 Å². The molecule has 0 saturated carbocycles. The maximum atomic E-state index is 12.9. The van der Waals surface area contributed by atoms with E-state index < -0.39 is 0 Å². The van der Waals surface area contributed by atoms with E-state index in [9.17, 15) is 4.79 Å². The number of carbonyl (C=O) groups is 1. The largest absolute Gasteiger partial charge is 0.493 e. The molecule has 0 radical (unpaired) electrons. The zero-order valence-electron chi connectivity index (χ0n) is 14.6. The van der Waals surface area contributed by atoms with Gasteiger partial charge in [-0.15, -0.1) is 6.42 Å². The molecule has 0 atom stereocenters. The molecule has 1 aliphatic heterocycles. The number of thiocarbonyl (C=S) groups is 1. The van der Waals surface area contributed by atoms with Crippen molar-refractivity contribution in [3.8, 4) is 23.8 Å². The molecule has 1 heterocycles. The number of amides is 1. The number of terminal acetylenes is 1. The molecule has 28 heavy (non-hydrogen) atoms. The smallest absolute Gasteiger partial charge is 0.270 e. The molecule has 0 N–H and O–H groups in total. The van der Waals surface area contributed by atoms with E-state index in [-0.39, 0.29) is 12.5 Å². The van der Waals surface area contributed by atoms with Crippen molar-refractivity contribution in [1.82, 2.24) is 0 Å². The molecule has 8 heteroatoms. The number of hydrogen-bond donors (Lipinski definition) is 0. The van der Waals surface area contributed by atoms with Crippen molar-refractivity contribution in [2.45, 2.75) is 0 Å². The highest BCUT2D eigenvalue weighted by Gasteiger charge is 2.33. The van der Waals surface area contributed by atoms with Crippen LogP contribution in [0.4, 0.5) is 5.69 Å². The van der Waals surface area contributed by atoms with Crippen LogP contribution in [0.5, 0.6) is 11.5 Å². The molecule has 2 aromatic rings. The van der Waals surface area contributed by atoms with Crippen LogP contribution >= 0.6 is 55.8 Å². The zero-order valence-corrected chi connectivity index (χ0v) is 19.4. The van der Waals surface area contributed by atoms with Gasteiger partial charge in [0, 0.05) is 4.47 Å². The molecule has 3 rings (SSSR count). The van der Waals surface area contributed by atoms with Crippen LogP contribution in [0.3, 0.4) is 0 Å². The summed E-state index contributed by atoms with van der Waals surface area (Å²) in [5.41, 5.74) is 1.49. The number of hydrogen-bond acceptors (Lipinski definition) is 5. The first-order chi connectivity index (χ1) is 13.4. The summed E-state index contributed by atoms with van der Waals surface area (Å²) < 4.78 is 12.9. The van der Waals surface area contributed by atoms with Gasteiger partial charge < -0.3 is 9.47 Å². The average molecular weight is 539 g/mol. The minimum Gasteiger partial charge on any atom is -0.493 e. The van der Waals surface area contributed by atoms with Gasteiger partial charge in [0.2, 0.25) is 0 Å².